The summed E-state index contributed by atoms with van der Waals surface area (Å²) in [6.45, 7) is 6.41. The molecule has 2 saturated heterocycles. The van der Waals surface area contributed by atoms with Crippen molar-refractivity contribution in [2.24, 2.45) is 11.8 Å². The Bertz CT molecular complexity index is 334. The number of rotatable bonds is 1. The summed E-state index contributed by atoms with van der Waals surface area (Å²) >= 11 is 0. The Morgan fingerprint density at radius 2 is 2.00 bits per heavy atom. The average molecular weight is 253 g/mol. The van der Waals surface area contributed by atoms with Crippen LogP contribution in [0.2, 0.25) is 0 Å². The molecular formula is C14H23NO3. The second-order valence-corrected chi connectivity index (χ2v) is 6.60. The van der Waals surface area contributed by atoms with E-state index in [1.807, 2.05) is 25.7 Å². The normalized spacial score (nSPS) is 31.9. The summed E-state index contributed by atoms with van der Waals surface area (Å²) in [4.78, 5) is 25.0. The third-order valence-corrected chi connectivity index (χ3v) is 3.84. The molecule has 3 rings (SSSR count). The van der Waals surface area contributed by atoms with Gasteiger partial charge in [-0.25, -0.2) is 4.79 Å². The van der Waals surface area contributed by atoms with Gasteiger partial charge in [0.2, 0.25) is 0 Å². The first-order valence-corrected chi connectivity index (χ1v) is 6.84. The Morgan fingerprint density at radius 3 is 2.61 bits per heavy atom. The molecule has 3 aliphatic rings. The van der Waals surface area contributed by atoms with Crippen LogP contribution in [0.4, 0.5) is 4.79 Å². The molecule has 102 valence electrons. The maximum Gasteiger partial charge on any atom is 0.410 e. The molecule has 0 spiro atoms. The number of amides is 1. The van der Waals surface area contributed by atoms with E-state index in [4.69, 9.17) is 4.74 Å². The number of nitrogens with zero attached hydrogens (tertiary/aromatic N) is 1. The van der Waals surface area contributed by atoms with Gasteiger partial charge in [0.25, 0.3) is 0 Å². The number of hydrogen-bond donors (Lipinski definition) is 0. The van der Waals surface area contributed by atoms with Crippen molar-refractivity contribution in [1.29, 1.82) is 0 Å². The topological polar surface area (TPSA) is 46.6 Å². The van der Waals surface area contributed by atoms with Gasteiger partial charge >= 0.3 is 6.09 Å². The van der Waals surface area contributed by atoms with Gasteiger partial charge in [0.15, 0.2) is 0 Å². The highest BCUT2D eigenvalue weighted by molar-refractivity contribution is 5.69. The summed E-state index contributed by atoms with van der Waals surface area (Å²) in [5, 5.41) is 0. The van der Waals surface area contributed by atoms with E-state index in [9.17, 15) is 9.59 Å². The smallest absolute Gasteiger partial charge is 0.410 e. The molecule has 0 aromatic heterocycles. The van der Waals surface area contributed by atoms with Gasteiger partial charge in [-0.05, 0) is 52.4 Å². The van der Waals surface area contributed by atoms with Gasteiger partial charge in [-0.2, -0.15) is 0 Å². The molecule has 2 aliphatic heterocycles. The third kappa shape index (κ3) is 3.03. The molecule has 3 unspecified atom stereocenters. The summed E-state index contributed by atoms with van der Waals surface area (Å²) in [5.74, 6) is 0.585. The lowest BCUT2D eigenvalue weighted by Gasteiger charge is -2.37. The molecule has 1 aliphatic carbocycles. The van der Waals surface area contributed by atoms with Gasteiger partial charge in [0, 0.05) is 18.5 Å². The van der Waals surface area contributed by atoms with Crippen molar-refractivity contribution in [3.8, 4) is 0 Å². The molecule has 18 heavy (non-hydrogen) atoms. The zero-order chi connectivity index (χ0) is 13.3. The second-order valence-electron chi connectivity index (χ2n) is 6.60. The number of carbonyl (C=O) groups excluding carboxylic acids is 2. The van der Waals surface area contributed by atoms with Gasteiger partial charge < -0.3 is 14.4 Å². The Labute approximate surface area is 109 Å². The third-order valence-electron chi connectivity index (χ3n) is 3.84. The molecular weight excluding hydrogens is 230 g/mol. The van der Waals surface area contributed by atoms with Crippen molar-refractivity contribution in [1.82, 2.24) is 4.90 Å². The zero-order valence-corrected chi connectivity index (χ0v) is 11.5. The minimum Gasteiger partial charge on any atom is -0.444 e. The summed E-state index contributed by atoms with van der Waals surface area (Å²) in [6, 6.07) is 0.189. The van der Waals surface area contributed by atoms with Crippen LogP contribution in [-0.2, 0) is 9.53 Å². The lowest BCUT2D eigenvalue weighted by molar-refractivity contribution is -0.111. The Hall–Kier alpha value is -1.06. The van der Waals surface area contributed by atoms with Crippen LogP contribution in [-0.4, -0.2) is 35.5 Å². The van der Waals surface area contributed by atoms with Crippen LogP contribution in [0.15, 0.2) is 0 Å². The highest BCUT2D eigenvalue weighted by atomic mass is 16.6. The molecule has 2 bridgehead atoms. The monoisotopic (exact) mass is 253 g/mol. The SMILES string of the molecule is CC(C)(C)OC(=O)N1CC2CCC1CC(C=O)C2. The Kier molecular flexibility index (Phi) is 3.64. The minimum absolute atomic E-state index is 0.120. The zero-order valence-electron chi connectivity index (χ0n) is 11.5. The maximum absolute atomic E-state index is 12.2. The van der Waals surface area contributed by atoms with Crippen LogP contribution >= 0.6 is 0 Å². The standard InChI is InChI=1S/C14H23NO3/c1-14(2,3)18-13(17)15-8-10-4-5-12(15)7-11(6-10)9-16/h9-12H,4-8H2,1-3H3. The average Bonchev–Trinajstić information content (AvgIpc) is 2.56. The summed E-state index contributed by atoms with van der Waals surface area (Å²) in [6.07, 6.45) is 4.72. The maximum atomic E-state index is 12.2. The predicted octanol–water partition coefficient (Wildman–Crippen LogP) is 2.61. The van der Waals surface area contributed by atoms with Crippen molar-refractivity contribution < 1.29 is 14.3 Å². The fraction of sp³-hybridized carbons (Fsp3) is 0.857. The van der Waals surface area contributed by atoms with Crippen LogP contribution in [0.1, 0.15) is 46.5 Å². The quantitative estimate of drug-likeness (QED) is 0.675. The Morgan fingerprint density at radius 1 is 1.28 bits per heavy atom. The molecule has 0 radical (unpaired) electrons. The van der Waals surface area contributed by atoms with Crippen LogP contribution < -0.4 is 0 Å². The molecule has 4 heteroatoms. The molecule has 1 saturated carbocycles. The highest BCUT2D eigenvalue weighted by Gasteiger charge is 2.39. The van der Waals surface area contributed by atoms with E-state index in [0.29, 0.717) is 5.92 Å². The number of carbonyl (C=O) groups is 2. The van der Waals surface area contributed by atoms with Crippen LogP contribution in [0, 0.1) is 11.8 Å². The fourth-order valence-corrected chi connectivity index (χ4v) is 3.07. The summed E-state index contributed by atoms with van der Waals surface area (Å²) in [7, 11) is 0. The Balaban J connectivity index is 2.06. The molecule has 3 atom stereocenters. The largest absolute Gasteiger partial charge is 0.444 e. The first-order valence-electron chi connectivity index (χ1n) is 6.84. The molecule has 1 amide bonds. The molecule has 4 nitrogen and oxygen atoms in total. The van der Waals surface area contributed by atoms with E-state index in [1.54, 1.807) is 0 Å². The van der Waals surface area contributed by atoms with Crippen molar-refractivity contribution in [2.45, 2.75) is 58.1 Å². The van der Waals surface area contributed by atoms with Gasteiger partial charge in [0.05, 0.1) is 0 Å². The fourth-order valence-electron chi connectivity index (χ4n) is 3.07. The van der Waals surface area contributed by atoms with E-state index in [0.717, 1.165) is 38.5 Å². The van der Waals surface area contributed by atoms with Crippen molar-refractivity contribution in [3.05, 3.63) is 0 Å². The van der Waals surface area contributed by atoms with Crippen LogP contribution in [0.25, 0.3) is 0 Å². The second kappa shape index (κ2) is 4.90. The predicted molar refractivity (Wildman–Crippen MR) is 68.2 cm³/mol. The van der Waals surface area contributed by atoms with Gasteiger partial charge in [-0.15, -0.1) is 0 Å². The number of hydrogen-bond acceptors (Lipinski definition) is 3. The first kappa shape index (κ1) is 13.4. The van der Waals surface area contributed by atoms with Crippen LogP contribution in [0.3, 0.4) is 0 Å². The number of piperidine rings is 1. The summed E-state index contributed by atoms with van der Waals surface area (Å²) in [5.41, 5.74) is -0.452. The van der Waals surface area contributed by atoms with Gasteiger partial charge in [0.1, 0.15) is 11.9 Å². The van der Waals surface area contributed by atoms with Crippen LogP contribution in [0.5, 0.6) is 0 Å². The van der Waals surface area contributed by atoms with E-state index in [-0.39, 0.29) is 18.1 Å². The number of ether oxygens (including phenoxy) is 1. The lowest BCUT2D eigenvalue weighted by atomic mass is 9.94. The molecule has 0 aromatic rings. The van der Waals surface area contributed by atoms with E-state index in [2.05, 4.69) is 0 Å². The first-order chi connectivity index (χ1) is 8.39. The minimum atomic E-state index is -0.452. The van der Waals surface area contributed by atoms with E-state index >= 15 is 0 Å². The highest BCUT2D eigenvalue weighted by Crippen LogP contribution is 2.36. The molecule has 3 fully saturated rings. The number of aldehydes is 1. The van der Waals surface area contributed by atoms with Crippen molar-refractivity contribution >= 4 is 12.4 Å². The molecule has 2 heterocycles. The van der Waals surface area contributed by atoms with Gasteiger partial charge in [-0.1, -0.05) is 0 Å². The van der Waals surface area contributed by atoms with Crippen molar-refractivity contribution in [2.75, 3.05) is 6.54 Å². The van der Waals surface area contributed by atoms with Crippen molar-refractivity contribution in [3.63, 3.8) is 0 Å². The lowest BCUT2D eigenvalue weighted by Crippen LogP contribution is -2.47. The number of fused-ring (bicyclic) bond motifs is 4. The van der Waals surface area contributed by atoms with E-state index in [1.165, 1.54) is 0 Å². The van der Waals surface area contributed by atoms with Gasteiger partial charge in [-0.3, -0.25) is 0 Å². The van der Waals surface area contributed by atoms with E-state index < -0.39 is 5.60 Å². The molecule has 0 aromatic carbocycles. The molecule has 0 N–H and O–H groups in total. The summed E-state index contributed by atoms with van der Waals surface area (Å²) < 4.78 is 5.45.